The molecule has 144 valence electrons. The molecule has 1 saturated heterocycles. The number of carbonyl (C=O) groups excluding carboxylic acids is 1. The highest BCUT2D eigenvalue weighted by molar-refractivity contribution is 6.30. The van der Waals surface area contributed by atoms with E-state index < -0.39 is 23.2 Å². The second-order valence-electron chi connectivity index (χ2n) is 7.82. The molecule has 1 unspecified atom stereocenters. The number of aldehydes is 1. The van der Waals surface area contributed by atoms with Crippen molar-refractivity contribution >= 4 is 24.0 Å². The normalized spacial score (nSPS) is 25.3. The van der Waals surface area contributed by atoms with Crippen molar-refractivity contribution in [1.29, 1.82) is 0 Å². The summed E-state index contributed by atoms with van der Waals surface area (Å²) in [5, 5.41) is 23.1. The van der Waals surface area contributed by atoms with E-state index in [1.54, 1.807) is 12.1 Å². The van der Waals surface area contributed by atoms with E-state index in [0.29, 0.717) is 37.4 Å². The molecule has 1 aliphatic rings. The number of nitrogens with one attached hydrogen (secondary N) is 1. The van der Waals surface area contributed by atoms with Crippen molar-refractivity contribution in [3.63, 3.8) is 0 Å². The summed E-state index contributed by atoms with van der Waals surface area (Å²) < 4.78 is 0. The first kappa shape index (κ1) is 20.7. The van der Waals surface area contributed by atoms with Crippen LogP contribution >= 0.6 is 11.6 Å². The first-order chi connectivity index (χ1) is 12.1. The zero-order valence-electron chi connectivity index (χ0n) is 15.4. The lowest BCUT2D eigenvalue weighted by atomic mass is 9.66. The average molecular weight is 383 g/mol. The molecule has 1 fully saturated rings. The minimum atomic E-state index is -1.20. The number of aliphatic hydroxyl groups is 1. The summed E-state index contributed by atoms with van der Waals surface area (Å²) in [6.07, 6.45) is -0.0188. The van der Waals surface area contributed by atoms with E-state index in [-0.39, 0.29) is 5.92 Å². The molecule has 0 aliphatic carbocycles. The lowest BCUT2D eigenvalue weighted by Crippen LogP contribution is -2.57. The molecule has 7 heteroatoms. The predicted molar refractivity (Wildman–Crippen MR) is 100 cm³/mol. The van der Waals surface area contributed by atoms with Gasteiger partial charge in [-0.3, -0.25) is 0 Å². The fraction of sp³-hybridized carbons (Fsp3) is 0.579. The van der Waals surface area contributed by atoms with E-state index in [0.717, 1.165) is 5.56 Å². The maximum absolute atomic E-state index is 11.4. The molecule has 1 aliphatic heterocycles. The fourth-order valence-corrected chi connectivity index (χ4v) is 3.94. The molecule has 0 spiro atoms. The topological polar surface area (TPSA) is 89.9 Å². The number of rotatable bonds is 6. The molecule has 1 heterocycles. The van der Waals surface area contributed by atoms with Gasteiger partial charge in [-0.1, -0.05) is 44.5 Å². The molecular formula is C19H27ClN2O4. The molecule has 6 nitrogen and oxygen atoms in total. The number of piperidine rings is 1. The molecule has 0 aromatic heterocycles. The van der Waals surface area contributed by atoms with Crippen molar-refractivity contribution in [3.8, 4) is 0 Å². The van der Waals surface area contributed by atoms with Gasteiger partial charge in [0, 0.05) is 30.1 Å². The third-order valence-corrected chi connectivity index (χ3v) is 5.70. The molecule has 0 radical (unpaired) electrons. The number of halogens is 1. The van der Waals surface area contributed by atoms with Gasteiger partial charge < -0.3 is 25.2 Å². The Labute approximate surface area is 159 Å². The minimum absolute atomic E-state index is 0.166. The SMILES string of the molecule is C[C@@H](CN1CC[C@](O)(c2ccc(Cl)cc2)C(C)(C)C1)C(C=O)NC(=O)O. The van der Waals surface area contributed by atoms with Gasteiger partial charge in [0.1, 0.15) is 6.29 Å². The standard InChI is InChI=1S/C19H27ClN2O4/c1-13(16(11-23)21-17(24)25)10-22-9-8-19(26,18(2,3)12-22)14-4-6-15(20)7-5-14/h4-7,11,13,16,21,26H,8-10,12H2,1-3H3,(H,24,25)/t13-,16?,19-/m0/s1. The van der Waals surface area contributed by atoms with Crippen LogP contribution in [0.5, 0.6) is 0 Å². The second kappa shape index (κ2) is 7.94. The molecule has 3 N–H and O–H groups in total. The monoisotopic (exact) mass is 382 g/mol. The highest BCUT2D eigenvalue weighted by Gasteiger charge is 2.48. The fourth-order valence-electron chi connectivity index (χ4n) is 3.82. The Morgan fingerprint density at radius 3 is 2.50 bits per heavy atom. The third kappa shape index (κ3) is 4.37. The average Bonchev–Trinajstić information content (AvgIpc) is 2.56. The van der Waals surface area contributed by atoms with Gasteiger partial charge in [-0.2, -0.15) is 0 Å². The van der Waals surface area contributed by atoms with Crippen LogP contribution in [0.25, 0.3) is 0 Å². The van der Waals surface area contributed by atoms with E-state index in [2.05, 4.69) is 10.2 Å². The Balaban J connectivity index is 2.09. The number of hydrogen-bond acceptors (Lipinski definition) is 4. The van der Waals surface area contributed by atoms with E-state index in [1.807, 2.05) is 32.9 Å². The van der Waals surface area contributed by atoms with Crippen LogP contribution in [-0.4, -0.2) is 53.2 Å². The lowest BCUT2D eigenvalue weighted by Gasteiger charge is -2.51. The van der Waals surface area contributed by atoms with Crippen LogP contribution in [-0.2, 0) is 10.4 Å². The number of amides is 1. The summed E-state index contributed by atoms with van der Waals surface area (Å²) in [4.78, 5) is 24.2. The largest absolute Gasteiger partial charge is 0.465 e. The first-order valence-electron chi connectivity index (χ1n) is 8.74. The summed E-state index contributed by atoms with van der Waals surface area (Å²) in [6.45, 7) is 7.75. The van der Waals surface area contributed by atoms with Crippen molar-refractivity contribution in [1.82, 2.24) is 10.2 Å². The number of benzene rings is 1. The molecule has 3 atom stereocenters. The van der Waals surface area contributed by atoms with Gasteiger partial charge in [0.2, 0.25) is 0 Å². The van der Waals surface area contributed by atoms with Crippen LogP contribution < -0.4 is 5.32 Å². The van der Waals surface area contributed by atoms with E-state index in [9.17, 15) is 14.7 Å². The van der Waals surface area contributed by atoms with Gasteiger partial charge in [0.25, 0.3) is 0 Å². The van der Waals surface area contributed by atoms with Crippen molar-refractivity contribution < 1.29 is 19.8 Å². The maximum Gasteiger partial charge on any atom is 0.405 e. The summed E-state index contributed by atoms with van der Waals surface area (Å²) in [5.41, 5.74) is -0.547. The Bertz CT molecular complexity index is 649. The lowest BCUT2D eigenvalue weighted by molar-refractivity contribution is -0.128. The number of hydrogen-bond donors (Lipinski definition) is 3. The third-order valence-electron chi connectivity index (χ3n) is 5.45. The molecule has 1 aromatic carbocycles. The summed E-state index contributed by atoms with van der Waals surface area (Å²) in [5.74, 6) is -0.166. The predicted octanol–water partition coefficient (Wildman–Crippen LogP) is 2.73. The van der Waals surface area contributed by atoms with Gasteiger partial charge in [-0.15, -0.1) is 0 Å². The summed E-state index contributed by atoms with van der Waals surface area (Å²) in [7, 11) is 0. The van der Waals surface area contributed by atoms with Crippen molar-refractivity contribution in [3.05, 3.63) is 34.9 Å². The molecule has 1 amide bonds. The van der Waals surface area contributed by atoms with Gasteiger partial charge >= 0.3 is 6.09 Å². The minimum Gasteiger partial charge on any atom is -0.465 e. The Morgan fingerprint density at radius 2 is 2.00 bits per heavy atom. The first-order valence-corrected chi connectivity index (χ1v) is 9.12. The van der Waals surface area contributed by atoms with Crippen molar-refractivity contribution in [2.45, 2.75) is 38.8 Å². The van der Waals surface area contributed by atoms with Crippen LogP contribution in [0.2, 0.25) is 5.02 Å². The van der Waals surface area contributed by atoms with Gasteiger partial charge in [0.05, 0.1) is 11.6 Å². The maximum atomic E-state index is 11.4. The zero-order chi connectivity index (χ0) is 19.5. The Morgan fingerprint density at radius 1 is 1.38 bits per heavy atom. The zero-order valence-corrected chi connectivity index (χ0v) is 16.2. The summed E-state index contributed by atoms with van der Waals surface area (Å²) >= 11 is 5.96. The van der Waals surface area contributed by atoms with E-state index in [4.69, 9.17) is 16.7 Å². The van der Waals surface area contributed by atoms with Crippen LogP contribution in [0, 0.1) is 11.3 Å². The van der Waals surface area contributed by atoms with Crippen LogP contribution in [0.3, 0.4) is 0 Å². The number of likely N-dealkylation sites (tertiary alicyclic amines) is 1. The Hall–Kier alpha value is -1.63. The van der Waals surface area contributed by atoms with Crippen LogP contribution in [0.4, 0.5) is 4.79 Å². The highest BCUT2D eigenvalue weighted by Crippen LogP contribution is 2.46. The van der Waals surface area contributed by atoms with Gasteiger partial charge in [-0.05, 0) is 30.0 Å². The van der Waals surface area contributed by atoms with Crippen LogP contribution in [0.1, 0.15) is 32.8 Å². The van der Waals surface area contributed by atoms with E-state index >= 15 is 0 Å². The van der Waals surface area contributed by atoms with Crippen molar-refractivity contribution in [2.24, 2.45) is 11.3 Å². The van der Waals surface area contributed by atoms with Gasteiger partial charge in [0.15, 0.2) is 0 Å². The van der Waals surface area contributed by atoms with Gasteiger partial charge in [-0.25, -0.2) is 4.79 Å². The second-order valence-corrected chi connectivity index (χ2v) is 8.26. The molecule has 1 aromatic rings. The molecule has 2 rings (SSSR count). The van der Waals surface area contributed by atoms with E-state index in [1.165, 1.54) is 0 Å². The van der Waals surface area contributed by atoms with Crippen LogP contribution in [0.15, 0.2) is 24.3 Å². The highest BCUT2D eigenvalue weighted by atomic mass is 35.5. The molecule has 26 heavy (non-hydrogen) atoms. The quantitative estimate of drug-likeness (QED) is 0.658. The molecule has 0 bridgehead atoms. The number of carboxylic acid groups (broad SMARTS) is 1. The molecule has 0 saturated carbocycles. The van der Waals surface area contributed by atoms with Crippen molar-refractivity contribution in [2.75, 3.05) is 19.6 Å². The number of carbonyl (C=O) groups is 2. The Kier molecular flexibility index (Phi) is 6.32. The number of nitrogens with zero attached hydrogens (tertiary/aromatic N) is 1. The molecular weight excluding hydrogens is 356 g/mol. The smallest absolute Gasteiger partial charge is 0.405 e. The summed E-state index contributed by atoms with van der Waals surface area (Å²) in [6, 6.07) is 6.55.